The summed E-state index contributed by atoms with van der Waals surface area (Å²) in [6.07, 6.45) is 1.06. The molecule has 94 valence electrons. The normalized spacial score (nSPS) is 18.6. The summed E-state index contributed by atoms with van der Waals surface area (Å²) in [5.41, 5.74) is -1.08. The molecule has 0 aliphatic carbocycles. The molecular weight excluding hydrogens is 230 g/mol. The van der Waals surface area contributed by atoms with Crippen molar-refractivity contribution in [2.24, 2.45) is 0 Å². The van der Waals surface area contributed by atoms with Gasteiger partial charge in [-0.3, -0.25) is 4.79 Å². The zero-order valence-electron chi connectivity index (χ0n) is 9.91. The molecule has 2 N–H and O–H groups in total. The van der Waals surface area contributed by atoms with Gasteiger partial charge in [-0.15, -0.1) is 0 Å². The van der Waals surface area contributed by atoms with Gasteiger partial charge in [0.05, 0.1) is 6.26 Å². The second-order valence-electron chi connectivity index (χ2n) is 4.54. The minimum absolute atomic E-state index is 0.181. The van der Waals surface area contributed by atoms with Crippen molar-refractivity contribution in [2.75, 3.05) is 32.4 Å². The van der Waals surface area contributed by atoms with Crippen LogP contribution in [0, 0.1) is 0 Å². The van der Waals surface area contributed by atoms with E-state index in [-0.39, 0.29) is 5.91 Å². The van der Waals surface area contributed by atoms with E-state index in [4.69, 9.17) is 0 Å². The smallest absolute Gasteiger partial charge is 0.243 e. The Morgan fingerprint density at radius 1 is 1.31 bits per heavy atom. The summed E-state index contributed by atoms with van der Waals surface area (Å²) in [5, 5.41) is 3.14. The fourth-order valence-corrected chi connectivity index (χ4v) is 2.78. The van der Waals surface area contributed by atoms with Crippen molar-refractivity contribution < 1.29 is 13.2 Å². The molecule has 0 atom stereocenters. The first-order chi connectivity index (χ1) is 7.22. The summed E-state index contributed by atoms with van der Waals surface area (Å²) >= 11 is 0. The number of hydrogen-bond donors (Lipinski definition) is 2. The summed E-state index contributed by atoms with van der Waals surface area (Å²) < 4.78 is 24.6. The molecule has 1 saturated heterocycles. The number of carbonyl (C=O) groups is 1. The molecule has 16 heavy (non-hydrogen) atoms. The molecule has 1 amide bonds. The lowest BCUT2D eigenvalue weighted by molar-refractivity contribution is -0.136. The number of nitrogens with one attached hydrogen (secondary N) is 2. The SMILES string of the molecule is CC(C)(NS(C)(=O)=O)C(=O)N1CCNCC1. The molecule has 0 radical (unpaired) electrons. The van der Waals surface area contributed by atoms with Crippen LogP contribution in [-0.4, -0.2) is 57.2 Å². The quantitative estimate of drug-likeness (QED) is 0.655. The summed E-state index contributed by atoms with van der Waals surface area (Å²) in [6, 6.07) is 0. The molecule has 1 fully saturated rings. The third-order valence-corrected chi connectivity index (χ3v) is 3.26. The molecule has 7 heteroatoms. The van der Waals surface area contributed by atoms with Crippen LogP contribution in [0.15, 0.2) is 0 Å². The van der Waals surface area contributed by atoms with E-state index < -0.39 is 15.6 Å². The first kappa shape index (κ1) is 13.4. The molecule has 1 aliphatic rings. The molecular formula is C9H19N3O3S. The maximum absolute atomic E-state index is 12.1. The lowest BCUT2D eigenvalue weighted by Gasteiger charge is -2.34. The number of nitrogens with zero attached hydrogens (tertiary/aromatic N) is 1. The fraction of sp³-hybridized carbons (Fsp3) is 0.889. The van der Waals surface area contributed by atoms with Gasteiger partial charge in [-0.1, -0.05) is 0 Å². The Balaban J connectivity index is 2.70. The molecule has 0 aromatic carbocycles. The Labute approximate surface area is 96.4 Å². The molecule has 1 aliphatic heterocycles. The van der Waals surface area contributed by atoms with E-state index in [1.165, 1.54) is 0 Å². The van der Waals surface area contributed by atoms with E-state index in [0.29, 0.717) is 13.1 Å². The van der Waals surface area contributed by atoms with Crippen molar-refractivity contribution in [3.63, 3.8) is 0 Å². The van der Waals surface area contributed by atoms with Crippen LogP contribution >= 0.6 is 0 Å². The maximum Gasteiger partial charge on any atom is 0.243 e. The first-order valence-corrected chi connectivity index (χ1v) is 7.10. The second kappa shape index (κ2) is 4.68. The van der Waals surface area contributed by atoms with Crippen LogP contribution in [0.4, 0.5) is 0 Å². The molecule has 0 aromatic heterocycles. The Kier molecular flexibility index (Phi) is 3.92. The summed E-state index contributed by atoms with van der Waals surface area (Å²) in [7, 11) is -3.38. The van der Waals surface area contributed by atoms with Gasteiger partial charge in [-0.25, -0.2) is 13.1 Å². The highest BCUT2D eigenvalue weighted by molar-refractivity contribution is 7.88. The molecule has 0 saturated carbocycles. The van der Waals surface area contributed by atoms with E-state index in [9.17, 15) is 13.2 Å². The van der Waals surface area contributed by atoms with Gasteiger partial charge in [-0.2, -0.15) is 0 Å². The number of amides is 1. The standard InChI is InChI=1S/C9H19N3O3S/c1-9(2,11-16(3,14)15)8(13)12-6-4-10-5-7-12/h10-11H,4-7H2,1-3H3. The zero-order chi connectivity index (χ0) is 12.4. The highest BCUT2D eigenvalue weighted by Gasteiger charge is 2.34. The topological polar surface area (TPSA) is 78.5 Å². The highest BCUT2D eigenvalue weighted by atomic mass is 32.2. The van der Waals surface area contributed by atoms with Gasteiger partial charge < -0.3 is 10.2 Å². The van der Waals surface area contributed by atoms with Gasteiger partial charge in [0.1, 0.15) is 5.54 Å². The molecule has 1 rings (SSSR count). The van der Waals surface area contributed by atoms with Gasteiger partial charge in [0, 0.05) is 26.2 Å². The van der Waals surface area contributed by atoms with Gasteiger partial charge in [-0.05, 0) is 13.8 Å². The number of carbonyl (C=O) groups excluding carboxylic acids is 1. The van der Waals surface area contributed by atoms with Crippen molar-refractivity contribution >= 4 is 15.9 Å². The van der Waals surface area contributed by atoms with Gasteiger partial charge in [0.2, 0.25) is 15.9 Å². The minimum Gasteiger partial charge on any atom is -0.339 e. The lowest BCUT2D eigenvalue weighted by Crippen LogP contribution is -2.59. The van der Waals surface area contributed by atoms with E-state index in [1.54, 1.807) is 18.7 Å². The fourth-order valence-electron chi connectivity index (χ4n) is 1.77. The third kappa shape index (κ3) is 3.73. The monoisotopic (exact) mass is 249 g/mol. The Morgan fingerprint density at radius 3 is 2.25 bits per heavy atom. The van der Waals surface area contributed by atoms with Crippen molar-refractivity contribution in [3.05, 3.63) is 0 Å². The predicted molar refractivity (Wildman–Crippen MR) is 61.5 cm³/mol. The summed E-state index contributed by atoms with van der Waals surface area (Å²) in [6.45, 7) is 5.90. The first-order valence-electron chi connectivity index (χ1n) is 5.21. The number of piperazine rings is 1. The molecule has 0 aromatic rings. The number of sulfonamides is 1. The van der Waals surface area contributed by atoms with Crippen LogP contribution < -0.4 is 10.0 Å². The molecule has 0 unspecified atom stereocenters. The van der Waals surface area contributed by atoms with Crippen molar-refractivity contribution in [2.45, 2.75) is 19.4 Å². The van der Waals surface area contributed by atoms with Gasteiger partial charge in [0.25, 0.3) is 0 Å². The van der Waals surface area contributed by atoms with Crippen LogP contribution in [0.5, 0.6) is 0 Å². The van der Waals surface area contributed by atoms with Crippen molar-refractivity contribution in [3.8, 4) is 0 Å². The number of rotatable bonds is 3. The highest BCUT2D eigenvalue weighted by Crippen LogP contribution is 2.10. The van der Waals surface area contributed by atoms with Crippen LogP contribution in [0.3, 0.4) is 0 Å². The maximum atomic E-state index is 12.1. The predicted octanol–water partition coefficient (Wildman–Crippen LogP) is -1.25. The third-order valence-electron chi connectivity index (χ3n) is 2.38. The van der Waals surface area contributed by atoms with Crippen LogP contribution in [-0.2, 0) is 14.8 Å². The molecule has 0 spiro atoms. The van der Waals surface area contributed by atoms with Crippen LogP contribution in [0.25, 0.3) is 0 Å². The minimum atomic E-state index is -3.38. The average molecular weight is 249 g/mol. The van der Waals surface area contributed by atoms with Crippen LogP contribution in [0.2, 0.25) is 0 Å². The Hall–Kier alpha value is -0.660. The van der Waals surface area contributed by atoms with E-state index in [2.05, 4.69) is 10.0 Å². The summed E-state index contributed by atoms with van der Waals surface area (Å²) in [4.78, 5) is 13.7. The van der Waals surface area contributed by atoms with Crippen LogP contribution in [0.1, 0.15) is 13.8 Å². The zero-order valence-corrected chi connectivity index (χ0v) is 10.7. The number of hydrogen-bond acceptors (Lipinski definition) is 4. The van der Waals surface area contributed by atoms with Gasteiger partial charge in [0.15, 0.2) is 0 Å². The second-order valence-corrected chi connectivity index (χ2v) is 6.29. The molecule has 0 bridgehead atoms. The van der Waals surface area contributed by atoms with Gasteiger partial charge >= 0.3 is 0 Å². The Morgan fingerprint density at radius 2 is 1.81 bits per heavy atom. The van der Waals surface area contributed by atoms with Crippen molar-refractivity contribution in [1.29, 1.82) is 0 Å². The van der Waals surface area contributed by atoms with Crippen molar-refractivity contribution in [1.82, 2.24) is 14.9 Å². The Bertz CT molecular complexity index is 358. The largest absolute Gasteiger partial charge is 0.339 e. The lowest BCUT2D eigenvalue weighted by atomic mass is 10.1. The summed E-state index contributed by atoms with van der Waals surface area (Å²) in [5.74, 6) is -0.181. The van der Waals surface area contributed by atoms with E-state index in [0.717, 1.165) is 19.3 Å². The van der Waals surface area contributed by atoms with E-state index in [1.807, 2.05) is 0 Å². The molecule has 1 heterocycles. The van der Waals surface area contributed by atoms with E-state index >= 15 is 0 Å². The molecule has 6 nitrogen and oxygen atoms in total. The average Bonchev–Trinajstić information content (AvgIpc) is 2.14.